The Hall–Kier alpha value is -3.94. The predicted molar refractivity (Wildman–Crippen MR) is 117 cm³/mol. The Morgan fingerprint density at radius 2 is 1.94 bits per heavy atom. The summed E-state index contributed by atoms with van der Waals surface area (Å²) >= 11 is 0. The molecule has 0 spiro atoms. The van der Waals surface area contributed by atoms with Gasteiger partial charge in [0.2, 0.25) is 11.8 Å². The minimum atomic E-state index is -0.661. The lowest BCUT2D eigenvalue weighted by Crippen LogP contribution is -2.44. The van der Waals surface area contributed by atoms with Crippen LogP contribution in [-0.2, 0) is 22.7 Å². The third-order valence-corrected chi connectivity index (χ3v) is 4.56. The molecule has 1 aromatic heterocycles. The first-order chi connectivity index (χ1) is 15.0. The molecule has 1 heterocycles. The number of nitrogens with zero attached hydrogens (tertiary/aromatic N) is 3. The van der Waals surface area contributed by atoms with Crippen LogP contribution < -0.4 is 15.4 Å². The summed E-state index contributed by atoms with van der Waals surface area (Å²) < 4.78 is 6.84. The number of carbonyl (C=O) groups excluding carboxylic acids is 2. The average molecular weight is 419 g/mol. The van der Waals surface area contributed by atoms with E-state index in [1.807, 2.05) is 48.5 Å². The number of benzene rings is 2. The highest BCUT2D eigenvalue weighted by Crippen LogP contribution is 2.12. The van der Waals surface area contributed by atoms with Crippen LogP contribution in [0.15, 0.2) is 67.3 Å². The summed E-state index contributed by atoms with van der Waals surface area (Å²) in [5.74, 6) is 0.150. The van der Waals surface area contributed by atoms with Crippen molar-refractivity contribution in [2.45, 2.75) is 26.1 Å². The molecular formula is C23H25N5O3. The largest absolute Gasteiger partial charge is 0.497 e. The monoisotopic (exact) mass is 419 g/mol. The SMILES string of the molecule is COc1ccc(/C=C/C(=O)N[C@H](C)C(=O)NCc2cccc(Cn3cncn3)c2)cc1. The van der Waals surface area contributed by atoms with E-state index in [1.165, 1.54) is 12.4 Å². The Labute approximate surface area is 181 Å². The van der Waals surface area contributed by atoms with Gasteiger partial charge in [0.1, 0.15) is 24.4 Å². The molecule has 8 heteroatoms. The molecule has 3 rings (SSSR count). The number of nitrogens with one attached hydrogen (secondary N) is 2. The minimum absolute atomic E-state index is 0.257. The zero-order chi connectivity index (χ0) is 22.1. The second-order valence-electron chi connectivity index (χ2n) is 6.97. The zero-order valence-corrected chi connectivity index (χ0v) is 17.5. The second-order valence-corrected chi connectivity index (χ2v) is 6.97. The van der Waals surface area contributed by atoms with Crippen molar-refractivity contribution in [2.24, 2.45) is 0 Å². The predicted octanol–water partition coefficient (Wildman–Crippen LogP) is 2.17. The van der Waals surface area contributed by atoms with Crippen LogP contribution in [-0.4, -0.2) is 39.7 Å². The Morgan fingerprint density at radius 3 is 2.65 bits per heavy atom. The lowest BCUT2D eigenvalue weighted by molar-refractivity contribution is -0.126. The molecule has 2 aromatic carbocycles. The molecule has 0 aliphatic rings. The van der Waals surface area contributed by atoms with Gasteiger partial charge in [-0.3, -0.25) is 9.59 Å². The summed E-state index contributed by atoms with van der Waals surface area (Å²) in [5, 5.41) is 9.61. The van der Waals surface area contributed by atoms with E-state index in [9.17, 15) is 9.59 Å². The van der Waals surface area contributed by atoms with Gasteiger partial charge in [0.25, 0.3) is 0 Å². The molecular weight excluding hydrogens is 394 g/mol. The van der Waals surface area contributed by atoms with Gasteiger partial charge in [-0.1, -0.05) is 36.4 Å². The van der Waals surface area contributed by atoms with Gasteiger partial charge < -0.3 is 15.4 Å². The van der Waals surface area contributed by atoms with Crippen molar-refractivity contribution in [1.82, 2.24) is 25.4 Å². The van der Waals surface area contributed by atoms with E-state index < -0.39 is 6.04 Å². The molecule has 0 aliphatic heterocycles. The van der Waals surface area contributed by atoms with Crippen LogP contribution in [0.2, 0.25) is 0 Å². The van der Waals surface area contributed by atoms with Crippen molar-refractivity contribution in [2.75, 3.05) is 7.11 Å². The molecule has 2 amide bonds. The number of ether oxygens (including phenoxy) is 1. The van der Waals surface area contributed by atoms with Gasteiger partial charge in [0, 0.05) is 12.6 Å². The van der Waals surface area contributed by atoms with Gasteiger partial charge in [-0.15, -0.1) is 0 Å². The van der Waals surface area contributed by atoms with Crippen molar-refractivity contribution < 1.29 is 14.3 Å². The molecule has 0 aliphatic carbocycles. The first-order valence-corrected chi connectivity index (χ1v) is 9.84. The normalized spacial score (nSPS) is 11.8. The Morgan fingerprint density at radius 1 is 1.16 bits per heavy atom. The fraction of sp³-hybridized carbons (Fsp3) is 0.217. The summed E-state index contributed by atoms with van der Waals surface area (Å²) in [6.45, 7) is 2.62. The zero-order valence-electron chi connectivity index (χ0n) is 17.5. The number of rotatable bonds is 9. The van der Waals surface area contributed by atoms with E-state index in [-0.39, 0.29) is 11.8 Å². The van der Waals surface area contributed by atoms with Crippen molar-refractivity contribution in [3.8, 4) is 5.75 Å². The fourth-order valence-corrected chi connectivity index (χ4v) is 2.90. The standard InChI is InChI=1S/C23H25N5O3/c1-17(27-22(29)11-8-18-6-9-21(31-2)10-7-18)23(30)25-13-19-4-3-5-20(12-19)14-28-16-24-15-26-28/h3-12,15-17H,13-14H2,1-2H3,(H,25,30)(H,27,29)/b11-8+/t17-/m1/s1. The molecule has 0 radical (unpaired) electrons. The molecule has 0 bridgehead atoms. The Bertz CT molecular complexity index is 1030. The van der Waals surface area contributed by atoms with Gasteiger partial charge in [-0.25, -0.2) is 9.67 Å². The number of carbonyl (C=O) groups is 2. The topological polar surface area (TPSA) is 98.1 Å². The first kappa shape index (κ1) is 21.8. The maximum atomic E-state index is 12.4. The molecule has 2 N–H and O–H groups in total. The first-order valence-electron chi connectivity index (χ1n) is 9.84. The molecule has 0 fully saturated rings. The van der Waals surface area contributed by atoms with Crippen LogP contribution in [0.25, 0.3) is 6.08 Å². The lowest BCUT2D eigenvalue weighted by Gasteiger charge is -2.13. The highest BCUT2D eigenvalue weighted by molar-refractivity contribution is 5.95. The minimum Gasteiger partial charge on any atom is -0.497 e. The van der Waals surface area contributed by atoms with Crippen molar-refractivity contribution in [1.29, 1.82) is 0 Å². The van der Waals surface area contributed by atoms with Crippen LogP contribution in [0.3, 0.4) is 0 Å². The molecule has 3 aromatic rings. The van der Waals surface area contributed by atoms with Crippen LogP contribution >= 0.6 is 0 Å². The van der Waals surface area contributed by atoms with Gasteiger partial charge in [-0.05, 0) is 41.8 Å². The highest BCUT2D eigenvalue weighted by atomic mass is 16.5. The second kappa shape index (κ2) is 10.7. The summed E-state index contributed by atoms with van der Waals surface area (Å²) in [7, 11) is 1.60. The number of hydrogen-bond donors (Lipinski definition) is 2. The molecule has 31 heavy (non-hydrogen) atoms. The molecule has 1 atom stereocenters. The molecule has 0 saturated heterocycles. The highest BCUT2D eigenvalue weighted by Gasteiger charge is 2.14. The van der Waals surface area contributed by atoms with Crippen LogP contribution in [0, 0.1) is 0 Å². The van der Waals surface area contributed by atoms with Gasteiger partial charge in [-0.2, -0.15) is 5.10 Å². The maximum absolute atomic E-state index is 12.4. The number of hydrogen-bond acceptors (Lipinski definition) is 5. The van der Waals surface area contributed by atoms with Crippen molar-refractivity contribution in [3.63, 3.8) is 0 Å². The lowest BCUT2D eigenvalue weighted by atomic mass is 10.1. The Kier molecular flexibility index (Phi) is 7.53. The third-order valence-electron chi connectivity index (χ3n) is 4.56. The van der Waals surface area contributed by atoms with E-state index >= 15 is 0 Å². The van der Waals surface area contributed by atoms with E-state index in [4.69, 9.17) is 4.74 Å². The number of aromatic nitrogens is 3. The van der Waals surface area contributed by atoms with Crippen molar-refractivity contribution in [3.05, 3.63) is 84.0 Å². The summed E-state index contributed by atoms with van der Waals surface area (Å²) in [6.07, 6.45) is 6.23. The maximum Gasteiger partial charge on any atom is 0.244 e. The summed E-state index contributed by atoms with van der Waals surface area (Å²) in [6, 6.07) is 14.5. The smallest absolute Gasteiger partial charge is 0.244 e. The van der Waals surface area contributed by atoms with E-state index in [0.717, 1.165) is 22.4 Å². The van der Waals surface area contributed by atoms with Gasteiger partial charge in [0.15, 0.2) is 0 Å². The summed E-state index contributed by atoms with van der Waals surface area (Å²) in [5.41, 5.74) is 2.88. The van der Waals surface area contributed by atoms with E-state index in [0.29, 0.717) is 13.1 Å². The fourth-order valence-electron chi connectivity index (χ4n) is 2.90. The Balaban J connectivity index is 1.46. The number of methoxy groups -OCH3 is 1. The van der Waals surface area contributed by atoms with Gasteiger partial charge in [0.05, 0.1) is 13.7 Å². The van der Waals surface area contributed by atoms with Gasteiger partial charge >= 0.3 is 0 Å². The molecule has 8 nitrogen and oxygen atoms in total. The molecule has 0 unspecified atom stereocenters. The summed E-state index contributed by atoms with van der Waals surface area (Å²) in [4.78, 5) is 28.4. The van der Waals surface area contributed by atoms with E-state index in [2.05, 4.69) is 20.7 Å². The average Bonchev–Trinajstić information content (AvgIpc) is 3.29. The quantitative estimate of drug-likeness (QED) is 0.518. The van der Waals surface area contributed by atoms with Crippen molar-refractivity contribution >= 4 is 17.9 Å². The molecule has 160 valence electrons. The van der Waals surface area contributed by atoms with Crippen LogP contribution in [0.4, 0.5) is 0 Å². The van der Waals surface area contributed by atoms with Crippen LogP contribution in [0.5, 0.6) is 5.75 Å². The van der Waals surface area contributed by atoms with E-state index in [1.54, 1.807) is 31.1 Å². The number of amides is 2. The third kappa shape index (κ3) is 6.81. The molecule has 0 saturated carbocycles. The van der Waals surface area contributed by atoms with Crippen LogP contribution in [0.1, 0.15) is 23.6 Å².